The standard InChI is InChI=1S/C30H29FN2O6/c1-4-14-36-25-13-10-19(15-27(25)35-5-2)28-21-12-11-20(16-26(21)39-29(33)22(28)17-32)38-30(34)18(3)37-24-9-7-6-8-23(24)31/h6-13,15-16,18,28H,4-5,14,33H2,1-3H3. The number of nitriles is 1. The molecule has 39 heavy (non-hydrogen) atoms. The van der Waals surface area contributed by atoms with Crippen molar-refractivity contribution in [2.45, 2.75) is 39.2 Å². The molecule has 0 fully saturated rings. The summed E-state index contributed by atoms with van der Waals surface area (Å²) in [6.07, 6.45) is -0.230. The molecule has 2 unspecified atom stereocenters. The van der Waals surface area contributed by atoms with Gasteiger partial charge in [0.2, 0.25) is 5.88 Å². The number of carbonyl (C=O) groups is 1. The number of para-hydroxylation sites is 1. The van der Waals surface area contributed by atoms with E-state index in [0.717, 1.165) is 12.0 Å². The second-order valence-corrected chi connectivity index (χ2v) is 8.72. The van der Waals surface area contributed by atoms with Crippen LogP contribution in [-0.2, 0) is 4.79 Å². The number of benzene rings is 3. The van der Waals surface area contributed by atoms with E-state index in [1.165, 1.54) is 31.2 Å². The Hall–Kier alpha value is -4.71. The smallest absolute Gasteiger partial charge is 0.352 e. The number of esters is 1. The van der Waals surface area contributed by atoms with Crippen LogP contribution < -0.4 is 29.4 Å². The van der Waals surface area contributed by atoms with Gasteiger partial charge >= 0.3 is 5.97 Å². The summed E-state index contributed by atoms with van der Waals surface area (Å²) >= 11 is 0. The van der Waals surface area contributed by atoms with E-state index in [1.54, 1.807) is 18.2 Å². The number of hydrogen-bond acceptors (Lipinski definition) is 8. The average molecular weight is 533 g/mol. The van der Waals surface area contributed by atoms with Crippen molar-refractivity contribution < 1.29 is 32.9 Å². The Balaban J connectivity index is 1.61. The van der Waals surface area contributed by atoms with Crippen LogP contribution in [0, 0.1) is 17.1 Å². The van der Waals surface area contributed by atoms with E-state index in [1.807, 2.05) is 32.0 Å². The van der Waals surface area contributed by atoms with Gasteiger partial charge in [0.15, 0.2) is 29.2 Å². The minimum Gasteiger partial charge on any atom is -0.490 e. The monoisotopic (exact) mass is 532 g/mol. The first-order valence-corrected chi connectivity index (χ1v) is 12.6. The van der Waals surface area contributed by atoms with Gasteiger partial charge in [-0.1, -0.05) is 31.2 Å². The van der Waals surface area contributed by atoms with Gasteiger partial charge in [0, 0.05) is 11.6 Å². The molecule has 3 aromatic rings. The number of nitrogens with zero attached hydrogens (tertiary/aromatic N) is 1. The van der Waals surface area contributed by atoms with E-state index in [4.69, 9.17) is 29.4 Å². The summed E-state index contributed by atoms with van der Waals surface area (Å²) in [5, 5.41) is 9.90. The first-order chi connectivity index (χ1) is 18.9. The number of nitrogens with two attached hydrogens (primary N) is 1. The Labute approximate surface area is 226 Å². The van der Waals surface area contributed by atoms with Crippen molar-refractivity contribution in [3.63, 3.8) is 0 Å². The normalized spacial score (nSPS) is 14.9. The number of rotatable bonds is 10. The van der Waals surface area contributed by atoms with Gasteiger partial charge in [-0.05, 0) is 56.2 Å². The molecule has 202 valence electrons. The zero-order valence-corrected chi connectivity index (χ0v) is 21.9. The number of halogens is 1. The molecule has 0 aliphatic carbocycles. The summed E-state index contributed by atoms with van der Waals surface area (Å²) in [5.74, 6) is -0.305. The van der Waals surface area contributed by atoms with Crippen LogP contribution in [0.3, 0.4) is 0 Å². The third-order valence-corrected chi connectivity index (χ3v) is 5.94. The van der Waals surface area contributed by atoms with E-state index in [0.29, 0.717) is 36.0 Å². The summed E-state index contributed by atoms with van der Waals surface area (Å²) in [5.41, 5.74) is 7.79. The summed E-state index contributed by atoms with van der Waals surface area (Å²) < 4.78 is 42.1. The van der Waals surface area contributed by atoms with Gasteiger partial charge in [-0.2, -0.15) is 5.26 Å². The molecule has 0 bridgehead atoms. The topological polar surface area (TPSA) is 113 Å². The van der Waals surface area contributed by atoms with Gasteiger partial charge in [-0.3, -0.25) is 0 Å². The van der Waals surface area contributed by atoms with E-state index >= 15 is 0 Å². The van der Waals surface area contributed by atoms with Crippen LogP contribution in [0.4, 0.5) is 4.39 Å². The largest absolute Gasteiger partial charge is 0.490 e. The molecule has 0 aromatic heterocycles. The van der Waals surface area contributed by atoms with E-state index in [2.05, 4.69) is 6.07 Å². The van der Waals surface area contributed by atoms with E-state index in [-0.39, 0.29) is 23.0 Å². The highest BCUT2D eigenvalue weighted by Crippen LogP contribution is 2.45. The molecular formula is C30H29FN2O6. The minimum atomic E-state index is -1.08. The lowest BCUT2D eigenvalue weighted by atomic mass is 9.83. The fraction of sp³-hybridized carbons (Fsp3) is 0.267. The lowest BCUT2D eigenvalue weighted by Gasteiger charge is -2.27. The number of fused-ring (bicyclic) bond motifs is 1. The summed E-state index contributed by atoms with van der Waals surface area (Å²) in [7, 11) is 0. The highest BCUT2D eigenvalue weighted by atomic mass is 19.1. The number of ether oxygens (including phenoxy) is 5. The summed E-state index contributed by atoms with van der Waals surface area (Å²) in [4.78, 5) is 12.6. The first kappa shape index (κ1) is 27.3. The molecule has 1 heterocycles. The Kier molecular flexibility index (Phi) is 8.56. The van der Waals surface area contributed by atoms with Gasteiger partial charge in [-0.25, -0.2) is 9.18 Å². The Morgan fingerprint density at radius 3 is 2.59 bits per heavy atom. The SMILES string of the molecule is CCCOc1ccc(C2C(C#N)=C(N)Oc3cc(OC(=O)C(C)Oc4ccccc4F)ccc32)cc1OCC. The predicted octanol–water partition coefficient (Wildman–Crippen LogP) is 5.60. The van der Waals surface area contributed by atoms with Gasteiger partial charge in [0.1, 0.15) is 23.1 Å². The van der Waals surface area contributed by atoms with Crippen LogP contribution in [0.2, 0.25) is 0 Å². The van der Waals surface area contributed by atoms with Crippen molar-refractivity contribution in [2.24, 2.45) is 5.73 Å². The molecule has 4 rings (SSSR count). The molecule has 2 atom stereocenters. The highest BCUT2D eigenvalue weighted by Gasteiger charge is 2.32. The lowest BCUT2D eigenvalue weighted by molar-refractivity contribution is -0.141. The van der Waals surface area contributed by atoms with Crippen molar-refractivity contribution in [1.82, 2.24) is 0 Å². The molecule has 0 saturated heterocycles. The van der Waals surface area contributed by atoms with Crippen molar-refractivity contribution in [2.75, 3.05) is 13.2 Å². The quantitative estimate of drug-likeness (QED) is 0.265. The number of carbonyl (C=O) groups excluding carboxylic acids is 1. The van der Waals surface area contributed by atoms with Gasteiger partial charge in [-0.15, -0.1) is 0 Å². The van der Waals surface area contributed by atoms with Crippen molar-refractivity contribution in [1.29, 1.82) is 5.26 Å². The fourth-order valence-corrected chi connectivity index (χ4v) is 4.12. The molecule has 2 N–H and O–H groups in total. The minimum absolute atomic E-state index is 0.0565. The van der Waals surface area contributed by atoms with E-state index in [9.17, 15) is 14.4 Å². The van der Waals surface area contributed by atoms with E-state index < -0.39 is 23.8 Å². The predicted molar refractivity (Wildman–Crippen MR) is 141 cm³/mol. The van der Waals surface area contributed by atoms with Crippen LogP contribution in [0.5, 0.6) is 28.7 Å². The van der Waals surface area contributed by atoms with Crippen molar-refractivity contribution in [3.8, 4) is 34.8 Å². The zero-order chi connectivity index (χ0) is 27.9. The molecule has 9 heteroatoms. The van der Waals surface area contributed by atoms with Crippen LogP contribution in [-0.4, -0.2) is 25.3 Å². The van der Waals surface area contributed by atoms with Crippen LogP contribution in [0.25, 0.3) is 0 Å². The third kappa shape index (κ3) is 6.07. The summed E-state index contributed by atoms with van der Waals surface area (Å²) in [6.45, 7) is 6.34. The Morgan fingerprint density at radius 1 is 1.08 bits per heavy atom. The fourth-order valence-electron chi connectivity index (χ4n) is 4.12. The maximum atomic E-state index is 13.9. The molecule has 1 aliphatic rings. The van der Waals surface area contributed by atoms with Crippen molar-refractivity contribution >= 4 is 5.97 Å². The number of hydrogen-bond donors (Lipinski definition) is 1. The average Bonchev–Trinajstić information content (AvgIpc) is 2.92. The number of allylic oxidation sites excluding steroid dienone is 1. The molecule has 3 aromatic carbocycles. The van der Waals surface area contributed by atoms with Gasteiger partial charge in [0.25, 0.3) is 0 Å². The Morgan fingerprint density at radius 2 is 1.87 bits per heavy atom. The van der Waals surface area contributed by atoms with Crippen LogP contribution in [0.1, 0.15) is 44.2 Å². The Bertz CT molecular complexity index is 1430. The molecule has 0 amide bonds. The molecule has 1 aliphatic heterocycles. The third-order valence-electron chi connectivity index (χ3n) is 5.94. The van der Waals surface area contributed by atoms with Crippen molar-refractivity contribution in [3.05, 3.63) is 89.1 Å². The van der Waals surface area contributed by atoms with Crippen LogP contribution in [0.15, 0.2) is 72.1 Å². The maximum Gasteiger partial charge on any atom is 0.352 e. The van der Waals surface area contributed by atoms with Crippen LogP contribution >= 0.6 is 0 Å². The molecule has 0 saturated carbocycles. The maximum absolute atomic E-state index is 13.9. The molecular weight excluding hydrogens is 503 g/mol. The lowest BCUT2D eigenvalue weighted by Crippen LogP contribution is -2.29. The second-order valence-electron chi connectivity index (χ2n) is 8.72. The first-order valence-electron chi connectivity index (χ1n) is 12.6. The van der Waals surface area contributed by atoms with Gasteiger partial charge in [0.05, 0.1) is 19.1 Å². The molecule has 0 radical (unpaired) electrons. The summed E-state index contributed by atoms with van der Waals surface area (Å²) in [6, 6.07) is 18.2. The molecule has 0 spiro atoms. The molecule has 8 nitrogen and oxygen atoms in total. The second kappa shape index (κ2) is 12.2. The highest BCUT2D eigenvalue weighted by molar-refractivity contribution is 5.77. The van der Waals surface area contributed by atoms with Gasteiger partial charge < -0.3 is 29.4 Å². The zero-order valence-electron chi connectivity index (χ0n) is 21.9.